The average Bonchev–Trinajstić information content (AvgIpc) is 2.40. The van der Waals surface area contributed by atoms with E-state index in [1.165, 1.54) is 6.07 Å². The Labute approximate surface area is 122 Å². The van der Waals surface area contributed by atoms with Gasteiger partial charge < -0.3 is 5.73 Å². The maximum absolute atomic E-state index is 13.4. The minimum absolute atomic E-state index is 0.0676. The van der Waals surface area contributed by atoms with E-state index in [0.29, 0.717) is 18.0 Å². The average molecular weight is 298 g/mol. The van der Waals surface area contributed by atoms with E-state index in [2.05, 4.69) is 0 Å². The predicted molar refractivity (Wildman–Crippen MR) is 78.4 cm³/mol. The normalized spacial score (nSPS) is 12.4. The topological polar surface area (TPSA) is 26.0 Å². The van der Waals surface area contributed by atoms with Crippen molar-refractivity contribution in [2.75, 3.05) is 6.54 Å². The van der Waals surface area contributed by atoms with Crippen molar-refractivity contribution in [2.24, 2.45) is 5.73 Å². The van der Waals surface area contributed by atoms with Gasteiger partial charge in [-0.05, 0) is 42.3 Å². The molecule has 0 fully saturated rings. The van der Waals surface area contributed by atoms with Gasteiger partial charge in [0.25, 0.3) is 0 Å². The van der Waals surface area contributed by atoms with Crippen LogP contribution in [0.25, 0.3) is 0 Å². The standard InChI is InChI=1S/C15H14Cl2FN/c16-13-5-1-3-10(8-13)12(9-19)7-11-4-2-6-14(18)15(11)17/h1-6,8,12H,7,9,19H2. The smallest absolute Gasteiger partial charge is 0.142 e. The van der Waals surface area contributed by atoms with E-state index in [9.17, 15) is 4.39 Å². The first-order valence-corrected chi connectivity index (χ1v) is 6.76. The van der Waals surface area contributed by atoms with E-state index in [1.807, 2.05) is 30.3 Å². The lowest BCUT2D eigenvalue weighted by Gasteiger charge is -2.16. The molecule has 0 aliphatic carbocycles. The van der Waals surface area contributed by atoms with E-state index in [1.54, 1.807) is 6.07 Å². The molecule has 4 heteroatoms. The molecular formula is C15H14Cl2FN. The van der Waals surface area contributed by atoms with E-state index in [4.69, 9.17) is 28.9 Å². The number of halogens is 3. The highest BCUT2D eigenvalue weighted by Gasteiger charge is 2.14. The molecule has 1 atom stereocenters. The molecule has 0 saturated carbocycles. The molecule has 1 unspecified atom stereocenters. The Morgan fingerprint density at radius 2 is 1.84 bits per heavy atom. The molecule has 0 aliphatic heterocycles. The number of hydrogen-bond acceptors (Lipinski definition) is 1. The van der Waals surface area contributed by atoms with Gasteiger partial charge in [-0.25, -0.2) is 4.39 Å². The van der Waals surface area contributed by atoms with Gasteiger partial charge in [0.05, 0.1) is 5.02 Å². The van der Waals surface area contributed by atoms with E-state index in [0.717, 1.165) is 11.1 Å². The molecule has 0 saturated heterocycles. The second-order valence-electron chi connectivity index (χ2n) is 4.40. The summed E-state index contributed by atoms with van der Waals surface area (Å²) in [6, 6.07) is 12.4. The van der Waals surface area contributed by atoms with Crippen molar-refractivity contribution >= 4 is 23.2 Å². The molecule has 0 amide bonds. The number of rotatable bonds is 4. The van der Waals surface area contributed by atoms with Gasteiger partial charge in [0.1, 0.15) is 5.82 Å². The maximum atomic E-state index is 13.4. The van der Waals surface area contributed by atoms with Crippen LogP contribution < -0.4 is 5.73 Å². The van der Waals surface area contributed by atoms with Crippen LogP contribution in [-0.4, -0.2) is 6.54 Å². The zero-order valence-electron chi connectivity index (χ0n) is 10.2. The lowest BCUT2D eigenvalue weighted by molar-refractivity contribution is 0.621. The summed E-state index contributed by atoms with van der Waals surface area (Å²) in [5, 5.41) is 0.837. The summed E-state index contributed by atoms with van der Waals surface area (Å²) in [7, 11) is 0. The SMILES string of the molecule is NCC(Cc1cccc(F)c1Cl)c1cccc(Cl)c1. The monoisotopic (exact) mass is 297 g/mol. The third-order valence-corrected chi connectivity index (χ3v) is 3.76. The second kappa shape index (κ2) is 6.38. The summed E-state index contributed by atoms with van der Waals surface area (Å²) in [6.45, 7) is 0.452. The predicted octanol–water partition coefficient (Wildman–Crippen LogP) is 4.42. The van der Waals surface area contributed by atoms with Crippen molar-refractivity contribution in [1.82, 2.24) is 0 Å². The molecule has 2 rings (SSSR count). The van der Waals surface area contributed by atoms with Gasteiger partial charge in [-0.2, -0.15) is 0 Å². The highest BCUT2D eigenvalue weighted by Crippen LogP contribution is 2.27. The van der Waals surface area contributed by atoms with Crippen LogP contribution in [0.2, 0.25) is 10.0 Å². The molecule has 1 nitrogen and oxygen atoms in total. The molecule has 100 valence electrons. The van der Waals surface area contributed by atoms with E-state index < -0.39 is 5.82 Å². The van der Waals surface area contributed by atoms with Crippen LogP contribution in [0.4, 0.5) is 4.39 Å². The Bertz CT molecular complexity index is 572. The molecule has 2 N–H and O–H groups in total. The van der Waals surface area contributed by atoms with Crippen LogP contribution in [0.5, 0.6) is 0 Å². The van der Waals surface area contributed by atoms with Crippen LogP contribution in [-0.2, 0) is 6.42 Å². The van der Waals surface area contributed by atoms with Crippen LogP contribution in [0, 0.1) is 5.82 Å². The van der Waals surface area contributed by atoms with E-state index in [-0.39, 0.29) is 10.9 Å². The van der Waals surface area contributed by atoms with Crippen molar-refractivity contribution in [2.45, 2.75) is 12.3 Å². The maximum Gasteiger partial charge on any atom is 0.142 e. The summed E-state index contributed by atoms with van der Waals surface area (Å²) in [6.07, 6.45) is 0.591. The number of hydrogen-bond donors (Lipinski definition) is 1. The Hall–Kier alpha value is -1.09. The summed E-state index contributed by atoms with van der Waals surface area (Å²) in [5.41, 5.74) is 7.61. The summed E-state index contributed by atoms with van der Waals surface area (Å²) < 4.78 is 13.4. The molecule has 0 heterocycles. The summed E-state index contributed by atoms with van der Waals surface area (Å²) in [4.78, 5) is 0. The first-order valence-electron chi connectivity index (χ1n) is 6.00. The van der Waals surface area contributed by atoms with Gasteiger partial charge >= 0.3 is 0 Å². The quantitative estimate of drug-likeness (QED) is 0.888. The van der Waals surface area contributed by atoms with Crippen LogP contribution in [0.15, 0.2) is 42.5 Å². The molecule has 0 spiro atoms. The van der Waals surface area contributed by atoms with Crippen LogP contribution in [0.1, 0.15) is 17.0 Å². The highest BCUT2D eigenvalue weighted by atomic mass is 35.5. The zero-order valence-corrected chi connectivity index (χ0v) is 11.8. The molecule has 0 radical (unpaired) electrons. The Kier molecular flexibility index (Phi) is 4.81. The van der Waals surface area contributed by atoms with Gasteiger partial charge in [-0.1, -0.05) is 47.5 Å². The van der Waals surface area contributed by atoms with Crippen molar-refractivity contribution in [3.63, 3.8) is 0 Å². The van der Waals surface area contributed by atoms with Crippen molar-refractivity contribution in [3.05, 3.63) is 69.5 Å². The second-order valence-corrected chi connectivity index (χ2v) is 5.22. The fourth-order valence-electron chi connectivity index (χ4n) is 2.07. The number of benzene rings is 2. The van der Waals surface area contributed by atoms with Crippen molar-refractivity contribution in [1.29, 1.82) is 0 Å². The molecule has 0 bridgehead atoms. The first-order chi connectivity index (χ1) is 9.11. The molecule has 2 aromatic carbocycles. The third kappa shape index (κ3) is 3.47. The Morgan fingerprint density at radius 3 is 2.53 bits per heavy atom. The zero-order chi connectivity index (χ0) is 13.8. The Morgan fingerprint density at radius 1 is 1.11 bits per heavy atom. The van der Waals surface area contributed by atoms with Crippen molar-refractivity contribution < 1.29 is 4.39 Å². The van der Waals surface area contributed by atoms with Crippen molar-refractivity contribution in [3.8, 4) is 0 Å². The fraction of sp³-hybridized carbons (Fsp3) is 0.200. The molecule has 0 aliphatic rings. The Balaban J connectivity index is 2.26. The van der Waals surface area contributed by atoms with Crippen LogP contribution >= 0.6 is 23.2 Å². The summed E-state index contributed by atoms with van der Waals surface area (Å²) in [5.74, 6) is -0.334. The number of nitrogens with two attached hydrogens (primary N) is 1. The molecule has 19 heavy (non-hydrogen) atoms. The van der Waals surface area contributed by atoms with Gasteiger partial charge in [0.15, 0.2) is 0 Å². The fourth-order valence-corrected chi connectivity index (χ4v) is 2.47. The molecule has 0 aromatic heterocycles. The largest absolute Gasteiger partial charge is 0.330 e. The minimum atomic E-state index is -0.402. The van der Waals surface area contributed by atoms with Crippen LogP contribution in [0.3, 0.4) is 0 Å². The molecular weight excluding hydrogens is 284 g/mol. The van der Waals surface area contributed by atoms with Gasteiger partial charge in [0.2, 0.25) is 0 Å². The highest BCUT2D eigenvalue weighted by molar-refractivity contribution is 6.31. The minimum Gasteiger partial charge on any atom is -0.330 e. The lowest BCUT2D eigenvalue weighted by Crippen LogP contribution is -2.15. The van der Waals surface area contributed by atoms with Gasteiger partial charge in [-0.3, -0.25) is 0 Å². The van der Waals surface area contributed by atoms with Gasteiger partial charge in [0, 0.05) is 10.9 Å². The van der Waals surface area contributed by atoms with E-state index >= 15 is 0 Å². The summed E-state index contributed by atoms with van der Waals surface area (Å²) >= 11 is 11.9. The first kappa shape index (κ1) is 14.3. The lowest BCUT2D eigenvalue weighted by atomic mass is 9.92. The molecule has 2 aromatic rings. The van der Waals surface area contributed by atoms with Gasteiger partial charge in [-0.15, -0.1) is 0 Å². The third-order valence-electron chi connectivity index (χ3n) is 3.10.